The lowest BCUT2D eigenvalue weighted by atomic mass is 10.0. The molecule has 204 valence electrons. The van der Waals surface area contributed by atoms with Crippen molar-refractivity contribution in [3.05, 3.63) is 82.3 Å². The standard InChI is InChI=1S/C30H29FN6O3/c1-5-22(38)36-14-18(15-36)33-28-23-27-20(11-13-40-27)25(19-8-6-7-9-21(19)31)34-29(23)37(30(39)35-28)26-17(4)10-12-32-24(26)16(2)3/h5-10,12,16,18H,1,11,13-15H2,2-4H3,(H,33,35,39). The Morgan fingerprint density at radius 3 is 2.73 bits per heavy atom. The summed E-state index contributed by atoms with van der Waals surface area (Å²) in [4.78, 5) is 41.5. The number of benzene rings is 1. The van der Waals surface area contributed by atoms with Crippen LogP contribution in [0.25, 0.3) is 28.0 Å². The number of hydrogen-bond acceptors (Lipinski definition) is 7. The summed E-state index contributed by atoms with van der Waals surface area (Å²) in [5, 5.41) is 3.88. The van der Waals surface area contributed by atoms with Gasteiger partial charge in [0.2, 0.25) is 5.91 Å². The van der Waals surface area contributed by atoms with Gasteiger partial charge in [-0.25, -0.2) is 18.7 Å². The maximum absolute atomic E-state index is 15.1. The number of nitrogens with zero attached hydrogens (tertiary/aromatic N) is 5. The van der Waals surface area contributed by atoms with E-state index in [2.05, 4.69) is 21.9 Å². The van der Waals surface area contributed by atoms with Gasteiger partial charge in [-0.05, 0) is 42.7 Å². The van der Waals surface area contributed by atoms with E-state index in [1.807, 2.05) is 26.8 Å². The summed E-state index contributed by atoms with van der Waals surface area (Å²) >= 11 is 0. The number of likely N-dealkylation sites (tertiary alicyclic amines) is 1. The van der Waals surface area contributed by atoms with Crippen LogP contribution in [0.5, 0.6) is 5.75 Å². The number of halogens is 1. The van der Waals surface area contributed by atoms with E-state index in [9.17, 15) is 9.59 Å². The first kappa shape index (κ1) is 25.7. The Morgan fingerprint density at radius 2 is 2.00 bits per heavy atom. The Balaban J connectivity index is 1.64. The molecule has 40 heavy (non-hydrogen) atoms. The number of ether oxygens (including phenoxy) is 1. The molecule has 0 aliphatic carbocycles. The zero-order chi connectivity index (χ0) is 28.1. The first-order valence-electron chi connectivity index (χ1n) is 13.3. The third kappa shape index (κ3) is 4.11. The molecule has 1 saturated heterocycles. The highest BCUT2D eigenvalue weighted by Crippen LogP contribution is 2.43. The number of aromatic nitrogens is 4. The van der Waals surface area contributed by atoms with Gasteiger partial charge in [0.25, 0.3) is 0 Å². The van der Waals surface area contributed by atoms with Gasteiger partial charge in [-0.2, -0.15) is 4.98 Å². The fraction of sp³-hybridized carbons (Fsp3) is 0.300. The molecule has 0 spiro atoms. The first-order valence-corrected chi connectivity index (χ1v) is 13.3. The van der Waals surface area contributed by atoms with Gasteiger partial charge in [-0.15, -0.1) is 0 Å². The van der Waals surface area contributed by atoms with Crippen LogP contribution in [0.4, 0.5) is 10.2 Å². The summed E-state index contributed by atoms with van der Waals surface area (Å²) in [6.07, 6.45) is 3.54. The van der Waals surface area contributed by atoms with E-state index in [1.54, 1.807) is 29.3 Å². The lowest BCUT2D eigenvalue weighted by Gasteiger charge is -2.39. The molecule has 1 N–H and O–H groups in total. The number of hydrogen-bond donors (Lipinski definition) is 1. The average Bonchev–Trinajstić information content (AvgIpc) is 3.40. The van der Waals surface area contributed by atoms with Crippen LogP contribution in [0.1, 0.15) is 36.6 Å². The van der Waals surface area contributed by atoms with Crippen LogP contribution >= 0.6 is 0 Å². The highest BCUT2D eigenvalue weighted by molar-refractivity contribution is 5.97. The van der Waals surface area contributed by atoms with E-state index in [1.165, 1.54) is 16.7 Å². The number of carbonyl (C=O) groups excluding carboxylic acids is 1. The molecule has 0 atom stereocenters. The van der Waals surface area contributed by atoms with Gasteiger partial charge < -0.3 is 15.0 Å². The van der Waals surface area contributed by atoms with Crippen molar-refractivity contribution in [1.29, 1.82) is 0 Å². The van der Waals surface area contributed by atoms with Gasteiger partial charge in [-0.3, -0.25) is 9.78 Å². The molecule has 0 saturated carbocycles. The molecule has 9 nitrogen and oxygen atoms in total. The predicted octanol–water partition coefficient (Wildman–Crippen LogP) is 4.16. The van der Waals surface area contributed by atoms with E-state index in [-0.39, 0.29) is 17.9 Å². The number of pyridine rings is 2. The highest BCUT2D eigenvalue weighted by atomic mass is 19.1. The number of carbonyl (C=O) groups is 1. The molecule has 6 rings (SSSR count). The molecule has 1 aromatic carbocycles. The van der Waals surface area contributed by atoms with Crippen LogP contribution < -0.4 is 15.7 Å². The molecule has 5 heterocycles. The SMILES string of the molecule is C=CC(=O)N1CC(Nc2nc(=O)n(-c3c(C)ccnc3C(C)C)c3nc(-c4ccccc4F)c4c(c23)OCC4)C1. The van der Waals surface area contributed by atoms with E-state index >= 15 is 4.39 Å². The van der Waals surface area contributed by atoms with Crippen molar-refractivity contribution in [2.24, 2.45) is 0 Å². The van der Waals surface area contributed by atoms with Crippen LogP contribution in [0.15, 0.2) is 54.0 Å². The van der Waals surface area contributed by atoms with Crippen molar-refractivity contribution < 1.29 is 13.9 Å². The van der Waals surface area contributed by atoms with E-state index in [0.29, 0.717) is 65.7 Å². The van der Waals surface area contributed by atoms with Crippen molar-refractivity contribution in [1.82, 2.24) is 24.4 Å². The topological polar surface area (TPSA) is 102 Å². The van der Waals surface area contributed by atoms with Gasteiger partial charge in [-0.1, -0.05) is 32.6 Å². The minimum atomic E-state index is -0.545. The summed E-state index contributed by atoms with van der Waals surface area (Å²) in [5.74, 6) is 0.296. The van der Waals surface area contributed by atoms with Gasteiger partial charge in [0, 0.05) is 36.8 Å². The number of aryl methyl sites for hydroxylation is 1. The Kier molecular flexibility index (Phi) is 6.32. The summed E-state index contributed by atoms with van der Waals surface area (Å²) in [6.45, 7) is 10.8. The molecule has 0 radical (unpaired) electrons. The second-order valence-electron chi connectivity index (χ2n) is 10.4. The zero-order valence-electron chi connectivity index (χ0n) is 22.6. The van der Waals surface area contributed by atoms with Crippen LogP contribution in [0.2, 0.25) is 0 Å². The Morgan fingerprint density at radius 1 is 1.23 bits per heavy atom. The van der Waals surface area contributed by atoms with Crippen LogP contribution in [-0.2, 0) is 11.2 Å². The number of fused-ring (bicyclic) bond motifs is 3. The predicted molar refractivity (Wildman–Crippen MR) is 151 cm³/mol. The fourth-order valence-corrected chi connectivity index (χ4v) is 5.44. The molecule has 1 fully saturated rings. The monoisotopic (exact) mass is 540 g/mol. The van der Waals surface area contributed by atoms with Crippen molar-refractivity contribution in [2.75, 3.05) is 25.0 Å². The van der Waals surface area contributed by atoms with E-state index in [0.717, 1.165) is 16.8 Å². The second-order valence-corrected chi connectivity index (χ2v) is 10.4. The molecule has 2 aliphatic rings. The smallest absolute Gasteiger partial charge is 0.355 e. The summed E-state index contributed by atoms with van der Waals surface area (Å²) in [7, 11) is 0. The lowest BCUT2D eigenvalue weighted by molar-refractivity contribution is -0.129. The maximum Gasteiger partial charge on any atom is 0.355 e. The van der Waals surface area contributed by atoms with Crippen molar-refractivity contribution in [3.8, 4) is 22.7 Å². The van der Waals surface area contributed by atoms with Gasteiger partial charge in [0.1, 0.15) is 22.8 Å². The van der Waals surface area contributed by atoms with E-state index in [4.69, 9.17) is 9.72 Å². The van der Waals surface area contributed by atoms with Crippen molar-refractivity contribution in [3.63, 3.8) is 0 Å². The lowest BCUT2D eigenvalue weighted by Crippen LogP contribution is -2.56. The second kappa shape index (κ2) is 9.86. The molecule has 1 amide bonds. The number of anilines is 1. The Labute approximate surface area is 230 Å². The van der Waals surface area contributed by atoms with Crippen LogP contribution in [0.3, 0.4) is 0 Å². The molecule has 3 aromatic heterocycles. The first-order chi connectivity index (χ1) is 19.3. The molecular weight excluding hydrogens is 511 g/mol. The van der Waals surface area contributed by atoms with Crippen molar-refractivity contribution in [2.45, 2.75) is 39.2 Å². The van der Waals surface area contributed by atoms with E-state index < -0.39 is 11.5 Å². The molecule has 10 heteroatoms. The average molecular weight is 541 g/mol. The quantitative estimate of drug-likeness (QED) is 0.367. The highest BCUT2D eigenvalue weighted by Gasteiger charge is 2.33. The number of rotatable bonds is 6. The van der Waals surface area contributed by atoms with Gasteiger partial charge >= 0.3 is 5.69 Å². The van der Waals surface area contributed by atoms with Crippen LogP contribution in [-0.4, -0.2) is 56.1 Å². The minimum Gasteiger partial charge on any atom is -0.492 e. The molecule has 4 aromatic rings. The molecule has 0 unspecified atom stereocenters. The normalized spacial score (nSPS) is 14.7. The molecular formula is C30H29FN6O3. The Bertz CT molecular complexity index is 1740. The number of nitrogens with one attached hydrogen (secondary N) is 1. The van der Waals surface area contributed by atoms with Crippen LogP contribution in [0, 0.1) is 12.7 Å². The zero-order valence-corrected chi connectivity index (χ0v) is 22.6. The Hall–Kier alpha value is -4.60. The summed E-state index contributed by atoms with van der Waals surface area (Å²) in [6, 6.07) is 8.18. The maximum atomic E-state index is 15.1. The molecule has 2 aliphatic heterocycles. The fourth-order valence-electron chi connectivity index (χ4n) is 5.44. The molecule has 0 bridgehead atoms. The third-order valence-corrected chi connectivity index (χ3v) is 7.44. The minimum absolute atomic E-state index is 0.00900. The largest absolute Gasteiger partial charge is 0.492 e. The summed E-state index contributed by atoms with van der Waals surface area (Å²) < 4.78 is 22.7. The third-order valence-electron chi connectivity index (χ3n) is 7.44. The van der Waals surface area contributed by atoms with Crippen molar-refractivity contribution >= 4 is 22.8 Å². The van der Waals surface area contributed by atoms with Gasteiger partial charge in [0.15, 0.2) is 5.65 Å². The van der Waals surface area contributed by atoms with Gasteiger partial charge in [0.05, 0.1) is 29.7 Å². The summed E-state index contributed by atoms with van der Waals surface area (Å²) in [5.41, 5.74) is 3.44. The number of amides is 1.